The van der Waals surface area contributed by atoms with Crippen LogP contribution in [0.2, 0.25) is 0 Å². The molecule has 0 amide bonds. The van der Waals surface area contributed by atoms with E-state index < -0.39 is 0 Å². The lowest BCUT2D eigenvalue weighted by Crippen LogP contribution is -2.53. The standard InChI is InChI=1S/C29H48O2.C29H50O.C29H48O.C27H46O/c1-7-20(18(2)3)9-8-19(4)23-10-11-24-27-25(13-15-29(23,24)6)28(5)14-12-22(30)16-21(28)17-26(27)31;2*1-7-21(19(2)3)9-8-20(4)25-12-13-26-24-11-10-22-18-23(30)14-16-28(22,5)27(24)15-17-29(25,26)6;1-18(2)7-6-8-19(3)23-11-12-24-22-10-9-20-17-21(28)13-15-26(20,4)25(22)14-16-27(23,24)5/h17-20,22-25,27,30H,7-16H2,1-6H3;10,19-21,23-27,30H,7-9,11-18H2,1-6H3;7,10,19-20,23-27,30H,8-9,11-18H2,1-6H3;9,18-19,21-25,28H,6-8,10-17H2,1-5H3/b;;21-7-;/t19-,20-,22+,23-,24+,25+,27+,28+,29-;20-,21?,23+,24+,25-,26+,27+,28+,29-;20-,23+,24+,25-,26+,27+,28+,29-;19-,21+,22+,23-,24+,25+,26+,27-/m1111/s1. The van der Waals surface area contributed by atoms with Gasteiger partial charge in [-0.15, -0.1) is 0 Å². The molecule has 0 aromatic carbocycles. The minimum atomic E-state index is -0.243. The average molecular weight is 1640 g/mol. The molecule has 0 bridgehead atoms. The van der Waals surface area contributed by atoms with Crippen molar-refractivity contribution in [3.8, 4) is 0 Å². The number of aliphatic hydroxyl groups excluding tert-OH is 4. The molecule has 16 aliphatic carbocycles. The summed E-state index contributed by atoms with van der Waals surface area (Å²) in [4.78, 5) is 13.5. The number of hydrogen-bond acceptors (Lipinski definition) is 5. The van der Waals surface area contributed by atoms with Gasteiger partial charge in [0.15, 0.2) is 5.78 Å². The average Bonchev–Trinajstić information content (AvgIpc) is 1.67. The zero-order valence-corrected chi connectivity index (χ0v) is 82.1. The highest BCUT2D eigenvalue weighted by Crippen LogP contribution is 2.73. The summed E-state index contributed by atoms with van der Waals surface area (Å²) in [7, 11) is 0. The van der Waals surface area contributed by atoms with Crippen molar-refractivity contribution in [2.75, 3.05) is 0 Å². The summed E-state index contributed by atoms with van der Waals surface area (Å²) in [5.74, 6) is 21.8. The first-order valence-electron chi connectivity index (χ1n) is 53.0. The van der Waals surface area contributed by atoms with Crippen LogP contribution in [-0.2, 0) is 4.79 Å². The van der Waals surface area contributed by atoms with Crippen LogP contribution in [0.5, 0.6) is 0 Å². The highest BCUT2D eigenvalue weighted by molar-refractivity contribution is 5.94. The second-order valence-corrected chi connectivity index (χ2v) is 50.3. The van der Waals surface area contributed by atoms with Crippen molar-refractivity contribution in [1.82, 2.24) is 0 Å². The fourth-order valence-corrected chi connectivity index (χ4v) is 36.0. The number of hydrogen-bond donors (Lipinski definition) is 4. The summed E-state index contributed by atoms with van der Waals surface area (Å²) in [6.07, 6.45) is 65.6. The van der Waals surface area contributed by atoms with Crippen molar-refractivity contribution in [2.45, 2.75) is 453 Å². The van der Waals surface area contributed by atoms with E-state index in [0.717, 1.165) is 188 Å². The zero-order chi connectivity index (χ0) is 86.0. The molecule has 0 heterocycles. The largest absolute Gasteiger partial charge is 0.393 e. The second kappa shape index (κ2) is 38.1. The molecule has 4 N–H and O–H groups in total. The monoisotopic (exact) mass is 1640 g/mol. The molecular formula is C114H192O5. The molecule has 0 radical (unpaired) electrons. The van der Waals surface area contributed by atoms with Gasteiger partial charge in [0.1, 0.15) is 0 Å². The highest BCUT2D eigenvalue weighted by Gasteiger charge is 2.65. The van der Waals surface area contributed by atoms with E-state index in [1.165, 1.54) is 217 Å². The van der Waals surface area contributed by atoms with E-state index in [1.807, 2.05) is 6.08 Å². The van der Waals surface area contributed by atoms with Crippen LogP contribution < -0.4 is 0 Å². The third kappa shape index (κ3) is 18.2. The van der Waals surface area contributed by atoms with E-state index in [0.29, 0.717) is 61.4 Å². The fourth-order valence-electron chi connectivity index (χ4n) is 36.0. The Balaban J connectivity index is 0.000000137. The third-order valence-corrected chi connectivity index (χ3v) is 43.6. The maximum absolute atomic E-state index is 13.5. The van der Waals surface area contributed by atoms with Gasteiger partial charge in [0, 0.05) is 5.92 Å². The van der Waals surface area contributed by atoms with Crippen LogP contribution in [0.3, 0.4) is 0 Å². The van der Waals surface area contributed by atoms with Gasteiger partial charge in [-0.2, -0.15) is 0 Å². The molecule has 119 heavy (non-hydrogen) atoms. The van der Waals surface area contributed by atoms with Crippen LogP contribution in [0, 0.1) is 197 Å². The molecule has 5 nitrogen and oxygen atoms in total. The number of rotatable bonds is 22. The lowest BCUT2D eigenvalue weighted by atomic mass is 9.46. The lowest BCUT2D eigenvalue weighted by molar-refractivity contribution is -0.135. The molecule has 678 valence electrons. The van der Waals surface area contributed by atoms with E-state index >= 15 is 0 Å². The first-order valence-corrected chi connectivity index (χ1v) is 53.0. The Morgan fingerprint density at radius 2 is 0.689 bits per heavy atom. The van der Waals surface area contributed by atoms with Crippen LogP contribution in [0.25, 0.3) is 0 Å². The van der Waals surface area contributed by atoms with Crippen LogP contribution in [0.4, 0.5) is 0 Å². The summed E-state index contributed by atoms with van der Waals surface area (Å²) in [5, 5.41) is 40.9. The Bertz CT molecular complexity index is 3520. The molecular weight excluding hydrogens is 1450 g/mol. The van der Waals surface area contributed by atoms with Crippen LogP contribution in [0.1, 0.15) is 429 Å². The number of carbonyl (C=O) groups excluding carboxylic acids is 1. The minimum absolute atomic E-state index is 0.0766. The molecule has 0 spiro atoms. The predicted molar refractivity (Wildman–Crippen MR) is 504 cm³/mol. The summed E-state index contributed by atoms with van der Waals surface area (Å²) >= 11 is 0. The molecule has 12 saturated carbocycles. The molecule has 16 rings (SSSR count). The molecule has 0 aliphatic heterocycles. The van der Waals surface area contributed by atoms with E-state index in [4.69, 9.17) is 0 Å². The number of aliphatic hydroxyl groups is 4. The Hall–Kier alpha value is -1.79. The minimum Gasteiger partial charge on any atom is -0.393 e. The lowest BCUT2D eigenvalue weighted by Gasteiger charge is -2.58. The van der Waals surface area contributed by atoms with Crippen molar-refractivity contribution in [3.63, 3.8) is 0 Å². The van der Waals surface area contributed by atoms with Gasteiger partial charge >= 0.3 is 0 Å². The van der Waals surface area contributed by atoms with Crippen molar-refractivity contribution in [1.29, 1.82) is 0 Å². The molecule has 5 heteroatoms. The van der Waals surface area contributed by atoms with Gasteiger partial charge in [-0.3, -0.25) is 4.79 Å². The predicted octanol–water partition coefficient (Wildman–Crippen LogP) is 30.6. The maximum atomic E-state index is 13.5. The second-order valence-electron chi connectivity index (χ2n) is 50.3. The first-order chi connectivity index (χ1) is 56.3. The van der Waals surface area contributed by atoms with E-state index in [9.17, 15) is 25.2 Å². The normalized spacial score (nSPS) is 45.2. The first kappa shape index (κ1) is 94.8. The number of ketones is 1. The van der Waals surface area contributed by atoms with E-state index in [2.05, 4.69) is 184 Å². The van der Waals surface area contributed by atoms with E-state index in [-0.39, 0.29) is 35.7 Å². The van der Waals surface area contributed by atoms with Crippen molar-refractivity contribution >= 4 is 5.78 Å². The summed E-state index contributed by atoms with van der Waals surface area (Å²) in [6.45, 7) is 57.0. The fraction of sp³-hybridized carbons (Fsp3) is 0.904. The third-order valence-electron chi connectivity index (χ3n) is 43.6. The Morgan fingerprint density at radius 3 is 1.03 bits per heavy atom. The molecule has 0 aromatic heterocycles. The number of fused-ring (bicyclic) bond motifs is 20. The molecule has 34 atom stereocenters. The smallest absolute Gasteiger partial charge is 0.159 e. The van der Waals surface area contributed by atoms with Crippen LogP contribution in [-0.4, -0.2) is 50.6 Å². The molecule has 0 saturated heterocycles. The quantitative estimate of drug-likeness (QED) is 0.0810. The summed E-state index contributed by atoms with van der Waals surface area (Å²) in [6, 6.07) is 0. The zero-order valence-electron chi connectivity index (χ0n) is 82.1. The number of allylic oxidation sites excluding steroid dienone is 6. The van der Waals surface area contributed by atoms with Gasteiger partial charge in [-0.25, -0.2) is 0 Å². The SMILES string of the molecule is C/C=C(/CC[C@@H](C)[C@H]1CC[C@H]2[C@@H]3CC=C4C[C@@H](O)CC[C@]4(C)[C@H]3CC[C@]12C)C(C)C.CC(C)CCC[C@@H](C)[C@H]1CC[C@H]2[C@@H]3CC=C4C[C@@H](O)CC[C@]4(C)[C@H]3CC[C@]12C.CCC(CC[C@@H](C)[C@H]1CC[C@H]2[C@@H]3CC=C4C[C@@H](O)CC[C@]4(C)[C@H]3CC[C@]12C)C(C)C.CC[C@H](CC[C@@H](C)[C@H]1CC[C@H]2[C@@H]3C(=O)C=C4C[C@@H](O)CC[C@]4(C)[C@H]3CC[C@]12C)C(C)C. The van der Waals surface area contributed by atoms with Gasteiger partial charge in [-0.05, 0) is 429 Å². The van der Waals surface area contributed by atoms with Crippen molar-refractivity contribution in [2.24, 2.45) is 197 Å². The van der Waals surface area contributed by atoms with Gasteiger partial charge < -0.3 is 20.4 Å². The summed E-state index contributed by atoms with van der Waals surface area (Å²) < 4.78 is 0. The van der Waals surface area contributed by atoms with E-state index in [1.54, 1.807) is 22.3 Å². The van der Waals surface area contributed by atoms with Crippen molar-refractivity contribution in [3.05, 3.63) is 58.2 Å². The Labute approximate surface area is 735 Å². The molecule has 0 aromatic rings. The Morgan fingerprint density at radius 1 is 0.370 bits per heavy atom. The molecule has 1 unspecified atom stereocenters. The number of carbonyl (C=O) groups is 1. The van der Waals surface area contributed by atoms with Gasteiger partial charge in [0.2, 0.25) is 0 Å². The maximum Gasteiger partial charge on any atom is 0.159 e. The van der Waals surface area contributed by atoms with Crippen molar-refractivity contribution < 1.29 is 25.2 Å². The van der Waals surface area contributed by atoms with Gasteiger partial charge in [-0.1, -0.05) is 249 Å². The van der Waals surface area contributed by atoms with Crippen LogP contribution >= 0.6 is 0 Å². The summed E-state index contributed by atoms with van der Waals surface area (Å²) in [5.41, 5.74) is 11.2. The highest BCUT2D eigenvalue weighted by atomic mass is 16.3. The molecule has 12 fully saturated rings. The van der Waals surface area contributed by atoms with Gasteiger partial charge in [0.05, 0.1) is 24.4 Å². The van der Waals surface area contributed by atoms with Gasteiger partial charge in [0.25, 0.3) is 0 Å². The Kier molecular flexibility index (Phi) is 30.4. The topological polar surface area (TPSA) is 98.0 Å². The molecule has 16 aliphatic rings. The van der Waals surface area contributed by atoms with Crippen LogP contribution in [0.15, 0.2) is 58.2 Å².